The van der Waals surface area contributed by atoms with Gasteiger partial charge in [-0.3, -0.25) is 4.79 Å². The molecule has 0 radical (unpaired) electrons. The molecule has 1 amide bonds. The third-order valence-corrected chi connectivity index (χ3v) is 7.31. The fourth-order valence-electron chi connectivity index (χ4n) is 6.76. The Morgan fingerprint density at radius 3 is 2.43 bits per heavy atom. The molecular formula is C17H26N2O2. The maximum absolute atomic E-state index is 12.9. The average molecular weight is 290 g/mol. The van der Waals surface area contributed by atoms with Crippen molar-refractivity contribution in [1.82, 2.24) is 4.90 Å². The number of piperidine rings is 1. The molecule has 5 saturated carbocycles. The van der Waals surface area contributed by atoms with Gasteiger partial charge in [0.25, 0.3) is 0 Å². The molecular weight excluding hydrogens is 264 g/mol. The normalized spacial score (nSPS) is 54.7. The molecule has 4 heteroatoms. The highest BCUT2D eigenvalue weighted by Gasteiger charge is 2.61. The van der Waals surface area contributed by atoms with Crippen LogP contribution in [0.15, 0.2) is 0 Å². The van der Waals surface area contributed by atoms with Crippen molar-refractivity contribution in [3.63, 3.8) is 0 Å². The second-order valence-electron chi connectivity index (χ2n) is 8.91. The Labute approximate surface area is 126 Å². The summed E-state index contributed by atoms with van der Waals surface area (Å²) in [7, 11) is 0. The Morgan fingerprint density at radius 2 is 1.90 bits per heavy atom. The minimum atomic E-state index is -0.519. The summed E-state index contributed by atoms with van der Waals surface area (Å²) in [5.74, 6) is 2.15. The summed E-state index contributed by atoms with van der Waals surface area (Å²) < 4.78 is 0. The Bertz CT molecular complexity index is 491. The first kappa shape index (κ1) is 12.9. The van der Waals surface area contributed by atoms with Crippen LogP contribution in [0.4, 0.5) is 0 Å². The Morgan fingerprint density at radius 1 is 1.19 bits per heavy atom. The number of fused-ring (bicyclic) bond motifs is 1. The second kappa shape index (κ2) is 3.83. The number of carbonyl (C=O) groups excluding carboxylic acids is 1. The summed E-state index contributed by atoms with van der Waals surface area (Å²) >= 11 is 0. The molecule has 0 aromatic rings. The van der Waals surface area contributed by atoms with Crippen molar-refractivity contribution in [2.45, 2.75) is 69.1 Å². The van der Waals surface area contributed by atoms with Crippen molar-refractivity contribution in [3.8, 4) is 0 Å². The number of carbonyl (C=O) groups is 1. The molecule has 0 aromatic carbocycles. The molecule has 1 saturated heterocycles. The molecule has 3 N–H and O–H groups in total. The van der Waals surface area contributed by atoms with Crippen LogP contribution in [0.3, 0.4) is 0 Å². The van der Waals surface area contributed by atoms with Gasteiger partial charge in [-0.2, -0.15) is 0 Å². The zero-order valence-electron chi connectivity index (χ0n) is 12.6. The monoisotopic (exact) mass is 290 g/mol. The van der Waals surface area contributed by atoms with Crippen LogP contribution in [0.25, 0.3) is 0 Å². The lowest BCUT2D eigenvalue weighted by atomic mass is 9.46. The fourth-order valence-corrected chi connectivity index (χ4v) is 6.76. The van der Waals surface area contributed by atoms with Crippen LogP contribution in [0, 0.1) is 23.2 Å². The molecule has 5 aliphatic carbocycles. The molecule has 1 aliphatic heterocycles. The van der Waals surface area contributed by atoms with E-state index in [1.165, 1.54) is 19.3 Å². The van der Waals surface area contributed by atoms with Crippen LogP contribution >= 0.6 is 0 Å². The van der Waals surface area contributed by atoms with E-state index in [0.29, 0.717) is 17.9 Å². The van der Waals surface area contributed by atoms with E-state index in [9.17, 15) is 9.90 Å². The quantitative estimate of drug-likeness (QED) is 0.805. The summed E-state index contributed by atoms with van der Waals surface area (Å²) in [5, 5.41) is 10.8. The molecule has 4 nitrogen and oxygen atoms in total. The van der Waals surface area contributed by atoms with Gasteiger partial charge in [-0.1, -0.05) is 0 Å². The summed E-state index contributed by atoms with van der Waals surface area (Å²) in [5.41, 5.74) is 5.91. The van der Waals surface area contributed by atoms with Crippen molar-refractivity contribution in [2.24, 2.45) is 28.9 Å². The fraction of sp³-hybridized carbons (Fsp3) is 0.941. The van der Waals surface area contributed by atoms with Crippen LogP contribution in [0.1, 0.15) is 51.4 Å². The van der Waals surface area contributed by atoms with Crippen LogP contribution in [0.5, 0.6) is 0 Å². The molecule has 4 bridgehead atoms. The molecule has 0 spiro atoms. The Balaban J connectivity index is 1.42. The van der Waals surface area contributed by atoms with Crippen molar-refractivity contribution >= 4 is 5.91 Å². The number of likely N-dealkylation sites (tertiary alicyclic amines) is 1. The highest BCUT2D eigenvalue weighted by atomic mass is 16.3. The van der Waals surface area contributed by atoms with Gasteiger partial charge in [-0.05, 0) is 74.5 Å². The number of nitrogens with two attached hydrogens (primary N) is 1. The van der Waals surface area contributed by atoms with Crippen LogP contribution in [0.2, 0.25) is 0 Å². The van der Waals surface area contributed by atoms with E-state index in [1.807, 2.05) is 0 Å². The van der Waals surface area contributed by atoms with Crippen molar-refractivity contribution in [1.29, 1.82) is 0 Å². The minimum absolute atomic E-state index is 0.108. The lowest BCUT2D eigenvalue weighted by Crippen LogP contribution is -2.64. The first-order valence-corrected chi connectivity index (χ1v) is 8.77. The first-order chi connectivity index (χ1) is 9.98. The van der Waals surface area contributed by atoms with Gasteiger partial charge in [0, 0.05) is 12.6 Å². The zero-order valence-corrected chi connectivity index (χ0v) is 12.6. The molecule has 6 aliphatic rings. The van der Waals surface area contributed by atoms with Crippen LogP contribution in [-0.4, -0.2) is 40.1 Å². The lowest BCUT2D eigenvalue weighted by molar-refractivity contribution is -0.177. The molecule has 116 valence electrons. The van der Waals surface area contributed by atoms with Gasteiger partial charge in [0.05, 0.1) is 11.6 Å². The topological polar surface area (TPSA) is 66.6 Å². The van der Waals surface area contributed by atoms with Gasteiger partial charge < -0.3 is 15.7 Å². The highest BCUT2D eigenvalue weighted by molar-refractivity contribution is 5.83. The maximum atomic E-state index is 12.9. The maximum Gasteiger partial charge on any atom is 0.240 e. The SMILES string of the molecule is N[C@H](C(=O)N1CC[C@@H]2CC21)C12CC3CC(CC(O)(C3)C1)C2. The second-order valence-corrected chi connectivity index (χ2v) is 8.91. The van der Waals surface area contributed by atoms with E-state index in [0.717, 1.165) is 44.6 Å². The van der Waals surface area contributed by atoms with Crippen molar-refractivity contribution in [3.05, 3.63) is 0 Å². The molecule has 1 heterocycles. The van der Waals surface area contributed by atoms with Crippen LogP contribution in [-0.2, 0) is 4.79 Å². The molecule has 6 fully saturated rings. The largest absolute Gasteiger partial charge is 0.390 e. The smallest absolute Gasteiger partial charge is 0.240 e. The number of aliphatic hydroxyl groups is 1. The zero-order chi connectivity index (χ0) is 14.4. The first-order valence-electron chi connectivity index (χ1n) is 8.77. The molecule has 6 rings (SSSR count). The summed E-state index contributed by atoms with van der Waals surface area (Å²) in [6.45, 7) is 0.912. The van der Waals surface area contributed by atoms with Gasteiger partial charge in [0.2, 0.25) is 5.91 Å². The van der Waals surface area contributed by atoms with E-state index in [2.05, 4.69) is 4.90 Å². The van der Waals surface area contributed by atoms with Crippen molar-refractivity contribution in [2.75, 3.05) is 6.54 Å². The Kier molecular flexibility index (Phi) is 2.35. The summed E-state index contributed by atoms with van der Waals surface area (Å²) in [6.07, 6.45) is 8.41. The van der Waals surface area contributed by atoms with Crippen molar-refractivity contribution < 1.29 is 9.90 Å². The summed E-state index contributed by atoms with van der Waals surface area (Å²) in [6, 6.07) is 0.120. The minimum Gasteiger partial charge on any atom is -0.390 e. The van der Waals surface area contributed by atoms with E-state index in [1.54, 1.807) is 0 Å². The molecule has 21 heavy (non-hydrogen) atoms. The predicted molar refractivity (Wildman–Crippen MR) is 78.3 cm³/mol. The van der Waals surface area contributed by atoms with Gasteiger partial charge in [0.15, 0.2) is 0 Å². The average Bonchev–Trinajstić information content (AvgIpc) is 3.05. The van der Waals surface area contributed by atoms with Gasteiger partial charge in [-0.15, -0.1) is 0 Å². The van der Waals surface area contributed by atoms with E-state index >= 15 is 0 Å². The molecule has 5 atom stereocenters. The molecule has 0 aromatic heterocycles. The predicted octanol–water partition coefficient (Wildman–Crippen LogP) is 1.27. The van der Waals surface area contributed by atoms with E-state index < -0.39 is 5.60 Å². The molecule has 3 unspecified atom stereocenters. The third kappa shape index (κ3) is 1.72. The number of hydrogen-bond acceptors (Lipinski definition) is 3. The number of amides is 1. The van der Waals surface area contributed by atoms with Crippen LogP contribution < -0.4 is 5.73 Å². The van der Waals surface area contributed by atoms with Gasteiger partial charge in [-0.25, -0.2) is 0 Å². The summed E-state index contributed by atoms with van der Waals surface area (Å²) in [4.78, 5) is 15.0. The van der Waals surface area contributed by atoms with Gasteiger partial charge in [0.1, 0.15) is 0 Å². The number of nitrogens with zero attached hydrogens (tertiary/aromatic N) is 1. The van der Waals surface area contributed by atoms with Gasteiger partial charge >= 0.3 is 0 Å². The number of hydrogen-bond donors (Lipinski definition) is 2. The standard InChI is InChI=1S/C17H26N2O2/c18-14(15(20)19-2-1-12-4-13(12)19)16-5-10-3-11(6-16)8-17(21,7-10)9-16/h10-14,21H,1-9,18H2/t10?,11?,12-,13?,14-,16?,17?/m1/s1. The van der Waals surface area contributed by atoms with E-state index in [4.69, 9.17) is 5.73 Å². The number of rotatable bonds is 2. The Hall–Kier alpha value is -0.610. The third-order valence-electron chi connectivity index (χ3n) is 7.31. The van der Waals surface area contributed by atoms with E-state index in [-0.39, 0.29) is 17.4 Å². The highest BCUT2D eigenvalue weighted by Crippen LogP contribution is 2.62. The lowest BCUT2D eigenvalue weighted by Gasteiger charge is -2.61.